The molecule has 0 saturated carbocycles. The van der Waals surface area contributed by atoms with Gasteiger partial charge in [0.15, 0.2) is 5.69 Å². The summed E-state index contributed by atoms with van der Waals surface area (Å²) in [6.45, 7) is 0. The van der Waals surface area contributed by atoms with Crippen LogP contribution in [0.3, 0.4) is 0 Å². The molecule has 1 atom stereocenters. The van der Waals surface area contributed by atoms with E-state index in [0.717, 1.165) is 10.5 Å². The van der Waals surface area contributed by atoms with Gasteiger partial charge in [-0.1, -0.05) is 18.2 Å². The lowest BCUT2D eigenvalue weighted by atomic mass is 10.2. The normalized spacial score (nSPS) is 12.3. The second-order valence-corrected chi connectivity index (χ2v) is 5.47. The summed E-state index contributed by atoms with van der Waals surface area (Å²) in [5.41, 5.74) is 6.15. The number of fused-ring (bicyclic) bond motifs is 1. The van der Waals surface area contributed by atoms with Crippen molar-refractivity contribution in [1.82, 2.24) is 4.73 Å². The smallest absolute Gasteiger partial charge is 0.356 e. The fraction of sp³-hybridized carbons (Fsp3) is 0.286. The Balaban J connectivity index is 2.30. The van der Waals surface area contributed by atoms with E-state index in [9.17, 15) is 14.7 Å². The van der Waals surface area contributed by atoms with Crippen LogP contribution in [-0.4, -0.2) is 39.8 Å². The standard InChI is InChI=1S/C14H16N2O4S/c1-21-7-6-10(15)14(19)20-16-11-5-3-2-4-9(11)8-12(16)13(17)18/h2-5,8,10H,6-7,15H2,1H3,(H,17,18). The number of nitrogens with zero attached hydrogens (tertiary/aromatic N) is 1. The average molecular weight is 308 g/mol. The zero-order valence-corrected chi connectivity index (χ0v) is 12.3. The number of carbonyl (C=O) groups excluding carboxylic acids is 1. The third-order valence-electron chi connectivity index (χ3n) is 3.00. The molecule has 0 aliphatic carbocycles. The van der Waals surface area contributed by atoms with Crippen molar-refractivity contribution in [3.63, 3.8) is 0 Å². The summed E-state index contributed by atoms with van der Waals surface area (Å²) >= 11 is 1.58. The SMILES string of the molecule is CSCCC(N)C(=O)On1c(C(=O)O)cc2ccccc21. The van der Waals surface area contributed by atoms with E-state index >= 15 is 0 Å². The van der Waals surface area contributed by atoms with Gasteiger partial charge in [-0.2, -0.15) is 16.5 Å². The Labute approximate surface area is 125 Å². The lowest BCUT2D eigenvalue weighted by molar-refractivity contribution is -0.145. The van der Waals surface area contributed by atoms with Crippen molar-refractivity contribution in [2.24, 2.45) is 5.73 Å². The molecule has 21 heavy (non-hydrogen) atoms. The molecule has 2 aromatic rings. The van der Waals surface area contributed by atoms with Gasteiger partial charge in [-0.3, -0.25) is 0 Å². The zero-order chi connectivity index (χ0) is 15.4. The molecule has 1 aromatic heterocycles. The number of carboxylic acid groups (broad SMARTS) is 1. The van der Waals surface area contributed by atoms with Crippen LogP contribution in [0.15, 0.2) is 30.3 Å². The molecule has 112 valence electrons. The Hall–Kier alpha value is -1.99. The number of benzene rings is 1. The van der Waals surface area contributed by atoms with Crippen LogP contribution in [-0.2, 0) is 4.79 Å². The molecule has 0 bridgehead atoms. The monoisotopic (exact) mass is 308 g/mol. The fourth-order valence-corrected chi connectivity index (χ4v) is 2.39. The van der Waals surface area contributed by atoms with E-state index in [-0.39, 0.29) is 5.69 Å². The quantitative estimate of drug-likeness (QED) is 0.837. The Bertz CT molecular complexity index is 668. The number of aromatic nitrogens is 1. The second-order valence-electron chi connectivity index (χ2n) is 4.49. The number of para-hydroxylation sites is 1. The van der Waals surface area contributed by atoms with E-state index in [2.05, 4.69) is 0 Å². The first-order valence-electron chi connectivity index (χ1n) is 6.35. The highest BCUT2D eigenvalue weighted by atomic mass is 32.2. The van der Waals surface area contributed by atoms with E-state index in [1.165, 1.54) is 6.07 Å². The van der Waals surface area contributed by atoms with E-state index in [1.54, 1.807) is 36.0 Å². The van der Waals surface area contributed by atoms with E-state index in [4.69, 9.17) is 10.6 Å². The predicted octanol–water partition coefficient (Wildman–Crippen LogP) is 1.38. The first-order chi connectivity index (χ1) is 10.0. The highest BCUT2D eigenvalue weighted by Gasteiger charge is 2.21. The van der Waals surface area contributed by atoms with Gasteiger partial charge in [0.2, 0.25) is 0 Å². The number of thioether (sulfide) groups is 1. The average Bonchev–Trinajstić information content (AvgIpc) is 2.84. The van der Waals surface area contributed by atoms with Gasteiger partial charge in [0.25, 0.3) is 0 Å². The molecule has 0 aliphatic rings. The molecule has 0 spiro atoms. The molecule has 0 aliphatic heterocycles. The van der Waals surface area contributed by atoms with Crippen LogP contribution in [0.5, 0.6) is 0 Å². The number of aromatic carboxylic acids is 1. The summed E-state index contributed by atoms with van der Waals surface area (Å²) in [5.74, 6) is -1.08. The third-order valence-corrected chi connectivity index (χ3v) is 3.65. The van der Waals surface area contributed by atoms with Crippen molar-refractivity contribution < 1.29 is 19.5 Å². The molecule has 6 nitrogen and oxygen atoms in total. The van der Waals surface area contributed by atoms with Crippen molar-refractivity contribution in [2.75, 3.05) is 12.0 Å². The van der Waals surface area contributed by atoms with Gasteiger partial charge in [0.05, 0.1) is 5.52 Å². The summed E-state index contributed by atoms with van der Waals surface area (Å²) in [4.78, 5) is 28.4. The Morgan fingerprint density at radius 2 is 2.14 bits per heavy atom. The predicted molar refractivity (Wildman–Crippen MR) is 81.5 cm³/mol. The second kappa shape index (κ2) is 6.64. The van der Waals surface area contributed by atoms with Crippen LogP contribution < -0.4 is 10.6 Å². The molecule has 7 heteroatoms. The lowest BCUT2D eigenvalue weighted by Crippen LogP contribution is -2.38. The van der Waals surface area contributed by atoms with Crippen LogP contribution in [0.2, 0.25) is 0 Å². The molecule has 0 amide bonds. The summed E-state index contributed by atoms with van der Waals surface area (Å²) in [7, 11) is 0. The minimum absolute atomic E-state index is 0.110. The maximum absolute atomic E-state index is 12.0. The molecule has 0 saturated heterocycles. The van der Waals surface area contributed by atoms with Gasteiger partial charge < -0.3 is 15.7 Å². The van der Waals surface area contributed by atoms with Crippen molar-refractivity contribution in [3.05, 3.63) is 36.0 Å². The van der Waals surface area contributed by atoms with Gasteiger partial charge in [-0.25, -0.2) is 9.59 Å². The molecule has 1 heterocycles. The first-order valence-corrected chi connectivity index (χ1v) is 7.74. The fourth-order valence-electron chi connectivity index (χ4n) is 1.90. The highest BCUT2D eigenvalue weighted by molar-refractivity contribution is 7.98. The van der Waals surface area contributed by atoms with Crippen molar-refractivity contribution in [3.8, 4) is 0 Å². The molecule has 0 radical (unpaired) electrons. The maximum atomic E-state index is 12.0. The Kier molecular flexibility index (Phi) is 4.87. The number of hydrogen-bond acceptors (Lipinski definition) is 5. The summed E-state index contributed by atoms with van der Waals surface area (Å²) in [6.07, 6.45) is 2.39. The Morgan fingerprint density at radius 3 is 2.81 bits per heavy atom. The number of nitrogens with two attached hydrogens (primary N) is 1. The van der Waals surface area contributed by atoms with Gasteiger partial charge in [0, 0.05) is 5.39 Å². The first kappa shape index (κ1) is 15.4. The molecule has 0 fully saturated rings. The van der Waals surface area contributed by atoms with Crippen molar-refractivity contribution >= 4 is 34.6 Å². The van der Waals surface area contributed by atoms with Crippen LogP contribution >= 0.6 is 11.8 Å². The molecular formula is C14H16N2O4S. The van der Waals surface area contributed by atoms with Gasteiger partial charge >= 0.3 is 11.9 Å². The molecule has 3 N–H and O–H groups in total. The zero-order valence-electron chi connectivity index (χ0n) is 11.5. The number of rotatable bonds is 6. The number of hydrogen-bond donors (Lipinski definition) is 2. The van der Waals surface area contributed by atoms with Crippen LogP contribution in [0, 0.1) is 0 Å². The number of carbonyl (C=O) groups is 2. The number of carboxylic acids is 1. The topological polar surface area (TPSA) is 94.6 Å². The summed E-state index contributed by atoms with van der Waals surface area (Å²) in [6, 6.07) is 7.64. The van der Waals surface area contributed by atoms with Crippen LogP contribution in [0.1, 0.15) is 16.9 Å². The molecular weight excluding hydrogens is 292 g/mol. The Morgan fingerprint density at radius 1 is 1.43 bits per heavy atom. The summed E-state index contributed by atoms with van der Waals surface area (Å²) < 4.78 is 1.03. The minimum Gasteiger partial charge on any atom is -0.476 e. The molecule has 1 unspecified atom stereocenters. The van der Waals surface area contributed by atoms with E-state index in [1.807, 2.05) is 6.26 Å². The highest BCUT2D eigenvalue weighted by Crippen LogP contribution is 2.18. The van der Waals surface area contributed by atoms with Crippen LogP contribution in [0.4, 0.5) is 0 Å². The molecule has 2 rings (SSSR count). The molecule has 1 aromatic carbocycles. The van der Waals surface area contributed by atoms with Crippen molar-refractivity contribution in [2.45, 2.75) is 12.5 Å². The largest absolute Gasteiger partial charge is 0.476 e. The minimum atomic E-state index is -1.17. The lowest BCUT2D eigenvalue weighted by Gasteiger charge is -2.12. The van der Waals surface area contributed by atoms with Crippen LogP contribution in [0.25, 0.3) is 10.9 Å². The van der Waals surface area contributed by atoms with Gasteiger partial charge in [-0.15, -0.1) is 0 Å². The van der Waals surface area contributed by atoms with Crippen molar-refractivity contribution in [1.29, 1.82) is 0 Å². The van der Waals surface area contributed by atoms with Gasteiger partial charge in [-0.05, 0) is 30.6 Å². The summed E-state index contributed by atoms with van der Waals surface area (Å²) in [5, 5.41) is 9.89. The van der Waals surface area contributed by atoms with Gasteiger partial charge in [0.1, 0.15) is 6.04 Å². The third kappa shape index (κ3) is 3.37. The van der Waals surface area contributed by atoms with E-state index < -0.39 is 18.0 Å². The van der Waals surface area contributed by atoms with E-state index in [0.29, 0.717) is 17.3 Å². The maximum Gasteiger partial charge on any atom is 0.356 e.